The van der Waals surface area contributed by atoms with Crippen molar-refractivity contribution in [3.63, 3.8) is 0 Å². The summed E-state index contributed by atoms with van der Waals surface area (Å²) < 4.78 is 5.31. The van der Waals surface area contributed by atoms with E-state index < -0.39 is 18.3 Å². The van der Waals surface area contributed by atoms with Gasteiger partial charge in [-0.1, -0.05) is 6.92 Å². The van der Waals surface area contributed by atoms with Crippen molar-refractivity contribution in [1.82, 2.24) is 0 Å². The summed E-state index contributed by atoms with van der Waals surface area (Å²) in [4.78, 5) is 0. The van der Waals surface area contributed by atoms with Crippen LogP contribution in [0.5, 0.6) is 0 Å². The summed E-state index contributed by atoms with van der Waals surface area (Å²) >= 11 is 0. The lowest BCUT2D eigenvalue weighted by atomic mass is 9.97. The van der Waals surface area contributed by atoms with Gasteiger partial charge in [-0.2, -0.15) is 0 Å². The van der Waals surface area contributed by atoms with Crippen molar-refractivity contribution in [3.8, 4) is 0 Å². The molecule has 0 aromatic carbocycles. The highest BCUT2D eigenvalue weighted by Crippen LogP contribution is 2.21. The van der Waals surface area contributed by atoms with Crippen molar-refractivity contribution < 1.29 is 20.1 Å². The average molecular weight is 176 g/mol. The molecule has 0 aromatic heterocycles. The average Bonchev–Trinajstić information content (AvgIpc) is 2.09. The highest BCUT2D eigenvalue weighted by molar-refractivity contribution is 4.84. The first kappa shape index (κ1) is 9.92. The van der Waals surface area contributed by atoms with Gasteiger partial charge in [0.1, 0.15) is 12.2 Å². The van der Waals surface area contributed by atoms with E-state index >= 15 is 0 Å². The van der Waals surface area contributed by atoms with Gasteiger partial charge >= 0.3 is 0 Å². The van der Waals surface area contributed by atoms with Gasteiger partial charge in [-0.15, -0.1) is 0 Å². The Hall–Kier alpha value is -0.160. The Labute approximate surface area is 71.8 Å². The lowest BCUT2D eigenvalue weighted by Gasteiger charge is -2.35. The Bertz CT molecular complexity index is 139. The van der Waals surface area contributed by atoms with Crippen molar-refractivity contribution in [1.29, 1.82) is 0 Å². The van der Waals surface area contributed by atoms with Crippen LogP contribution in [0.2, 0.25) is 0 Å². The minimum absolute atomic E-state index is 0.0412. The molecule has 12 heavy (non-hydrogen) atoms. The smallest absolute Gasteiger partial charge is 0.109 e. The first-order valence-electron chi connectivity index (χ1n) is 4.31. The monoisotopic (exact) mass is 176 g/mol. The summed E-state index contributed by atoms with van der Waals surface area (Å²) in [6, 6.07) is 0. The maximum absolute atomic E-state index is 9.34. The summed E-state index contributed by atoms with van der Waals surface area (Å²) in [7, 11) is 0. The summed E-state index contributed by atoms with van der Waals surface area (Å²) in [6.07, 6.45) is -1.13. The molecule has 0 spiro atoms. The van der Waals surface area contributed by atoms with Crippen LogP contribution in [0, 0.1) is 0 Å². The molecule has 1 rings (SSSR count). The molecule has 1 heterocycles. The van der Waals surface area contributed by atoms with Crippen LogP contribution in [0.4, 0.5) is 0 Å². The molecule has 3 N–H and O–H groups in total. The molecular weight excluding hydrogens is 160 g/mol. The van der Waals surface area contributed by atoms with Gasteiger partial charge in [0.2, 0.25) is 0 Å². The SMILES string of the molecule is CC[C@H]1C[C@@H](O)[C@H](O)[C@@H](CO)O1. The fraction of sp³-hybridized carbons (Fsp3) is 1.00. The van der Waals surface area contributed by atoms with Crippen LogP contribution < -0.4 is 0 Å². The van der Waals surface area contributed by atoms with E-state index in [2.05, 4.69) is 0 Å². The fourth-order valence-electron chi connectivity index (χ4n) is 1.45. The molecule has 1 aliphatic rings. The zero-order valence-corrected chi connectivity index (χ0v) is 7.18. The maximum Gasteiger partial charge on any atom is 0.109 e. The quantitative estimate of drug-likeness (QED) is 0.518. The van der Waals surface area contributed by atoms with E-state index in [0.717, 1.165) is 6.42 Å². The predicted molar refractivity (Wildman–Crippen MR) is 42.7 cm³/mol. The Morgan fingerprint density at radius 1 is 1.42 bits per heavy atom. The summed E-state index contributed by atoms with van der Waals surface area (Å²) in [5.74, 6) is 0. The molecule has 4 nitrogen and oxygen atoms in total. The van der Waals surface area contributed by atoms with Crippen LogP contribution in [-0.2, 0) is 4.74 Å². The fourth-order valence-corrected chi connectivity index (χ4v) is 1.45. The second-order valence-electron chi connectivity index (χ2n) is 3.18. The third-order valence-corrected chi connectivity index (χ3v) is 2.28. The highest BCUT2D eigenvalue weighted by Gasteiger charge is 2.35. The molecule has 0 bridgehead atoms. The normalized spacial score (nSPS) is 43.0. The van der Waals surface area contributed by atoms with E-state index in [1.807, 2.05) is 6.92 Å². The van der Waals surface area contributed by atoms with Crippen LogP contribution in [0.15, 0.2) is 0 Å². The van der Waals surface area contributed by atoms with Gasteiger partial charge in [0.25, 0.3) is 0 Å². The molecule has 4 atom stereocenters. The third kappa shape index (κ3) is 1.95. The first-order valence-corrected chi connectivity index (χ1v) is 4.31. The molecule has 4 heteroatoms. The molecule has 0 radical (unpaired) electrons. The number of hydrogen-bond donors (Lipinski definition) is 3. The topological polar surface area (TPSA) is 69.9 Å². The second-order valence-corrected chi connectivity index (χ2v) is 3.18. The lowest BCUT2D eigenvalue weighted by Crippen LogP contribution is -2.49. The van der Waals surface area contributed by atoms with Gasteiger partial charge in [-0.25, -0.2) is 0 Å². The maximum atomic E-state index is 9.34. The second kappa shape index (κ2) is 4.18. The molecule has 0 aromatic rings. The lowest BCUT2D eigenvalue weighted by molar-refractivity contribution is -0.179. The van der Waals surface area contributed by atoms with E-state index in [4.69, 9.17) is 9.84 Å². The van der Waals surface area contributed by atoms with E-state index in [1.165, 1.54) is 0 Å². The first-order chi connectivity index (χ1) is 5.69. The minimum Gasteiger partial charge on any atom is -0.394 e. The Balaban J connectivity index is 2.52. The van der Waals surface area contributed by atoms with Gasteiger partial charge in [0.15, 0.2) is 0 Å². The van der Waals surface area contributed by atoms with Gasteiger partial charge in [0, 0.05) is 6.42 Å². The van der Waals surface area contributed by atoms with Crippen molar-refractivity contribution in [2.75, 3.05) is 6.61 Å². The van der Waals surface area contributed by atoms with E-state index in [1.54, 1.807) is 0 Å². The summed E-state index contributed by atoms with van der Waals surface area (Å²) in [5.41, 5.74) is 0. The summed E-state index contributed by atoms with van der Waals surface area (Å²) in [5, 5.41) is 27.5. The largest absolute Gasteiger partial charge is 0.394 e. The molecule has 0 saturated carbocycles. The van der Waals surface area contributed by atoms with Crippen LogP contribution >= 0.6 is 0 Å². The molecule has 1 aliphatic heterocycles. The van der Waals surface area contributed by atoms with E-state index in [-0.39, 0.29) is 12.7 Å². The molecule has 1 saturated heterocycles. The molecule has 72 valence electrons. The zero-order valence-electron chi connectivity index (χ0n) is 7.18. The van der Waals surface area contributed by atoms with Crippen LogP contribution in [0.1, 0.15) is 19.8 Å². The predicted octanol–water partition coefficient (Wildman–Crippen LogP) is -0.732. The number of rotatable bonds is 2. The van der Waals surface area contributed by atoms with Crippen molar-refractivity contribution >= 4 is 0 Å². The molecule has 0 unspecified atom stereocenters. The Morgan fingerprint density at radius 2 is 2.08 bits per heavy atom. The van der Waals surface area contributed by atoms with Gasteiger partial charge < -0.3 is 20.1 Å². The van der Waals surface area contributed by atoms with Crippen LogP contribution in [0.3, 0.4) is 0 Å². The van der Waals surface area contributed by atoms with Crippen molar-refractivity contribution in [2.24, 2.45) is 0 Å². The molecule has 0 amide bonds. The Morgan fingerprint density at radius 3 is 2.58 bits per heavy atom. The number of aliphatic hydroxyl groups is 3. The third-order valence-electron chi connectivity index (χ3n) is 2.28. The van der Waals surface area contributed by atoms with Crippen molar-refractivity contribution in [3.05, 3.63) is 0 Å². The molecule has 0 aliphatic carbocycles. The highest BCUT2D eigenvalue weighted by atomic mass is 16.5. The minimum atomic E-state index is -0.946. The van der Waals surface area contributed by atoms with Gasteiger partial charge in [0.05, 0.1) is 18.8 Å². The van der Waals surface area contributed by atoms with E-state index in [0.29, 0.717) is 6.42 Å². The zero-order chi connectivity index (χ0) is 9.14. The van der Waals surface area contributed by atoms with Crippen LogP contribution in [-0.4, -0.2) is 46.3 Å². The van der Waals surface area contributed by atoms with Crippen LogP contribution in [0.25, 0.3) is 0 Å². The molecular formula is C8H16O4. The van der Waals surface area contributed by atoms with Gasteiger partial charge in [-0.05, 0) is 6.42 Å². The summed E-state index contributed by atoms with van der Waals surface area (Å²) in [6.45, 7) is 1.71. The van der Waals surface area contributed by atoms with Crippen molar-refractivity contribution in [2.45, 2.75) is 44.2 Å². The van der Waals surface area contributed by atoms with E-state index in [9.17, 15) is 10.2 Å². The number of aliphatic hydroxyl groups excluding tert-OH is 3. The Kier molecular flexibility index (Phi) is 3.46. The molecule has 1 fully saturated rings. The number of ether oxygens (including phenoxy) is 1. The van der Waals surface area contributed by atoms with Gasteiger partial charge in [-0.3, -0.25) is 0 Å². The standard InChI is InChI=1S/C8H16O4/c1-2-5-3-6(10)8(11)7(4-9)12-5/h5-11H,2-4H2,1H3/t5-,6+,7+,8-/m0/s1. The number of hydrogen-bond acceptors (Lipinski definition) is 4.